The van der Waals surface area contributed by atoms with Gasteiger partial charge in [-0.25, -0.2) is 0 Å². The van der Waals surface area contributed by atoms with Crippen molar-refractivity contribution in [1.82, 2.24) is 0 Å². The second-order valence-corrected chi connectivity index (χ2v) is 20.4. The maximum Gasteiger partial charge on any atom is 0.0468 e. The number of nitrogens with zero attached hydrogens (tertiary/aromatic N) is 2. The fourth-order valence-electron chi connectivity index (χ4n) is 11.4. The van der Waals surface area contributed by atoms with Crippen molar-refractivity contribution in [3.63, 3.8) is 0 Å². The molecule has 1 aromatic heterocycles. The Morgan fingerprint density at radius 3 is 1.36 bits per heavy atom. The predicted molar refractivity (Wildman–Crippen MR) is 302 cm³/mol. The number of rotatable bonds is 7. The van der Waals surface area contributed by atoms with E-state index in [1.54, 1.807) is 0 Å². The van der Waals surface area contributed by atoms with Crippen LogP contribution in [-0.4, -0.2) is 0 Å². The van der Waals surface area contributed by atoms with E-state index in [2.05, 4.69) is 266 Å². The molecule has 0 N–H and O–H groups in total. The fourth-order valence-corrected chi connectivity index (χ4v) is 12.5. The molecule has 0 radical (unpaired) electrons. The van der Waals surface area contributed by atoms with Crippen LogP contribution >= 0.6 is 11.3 Å². The lowest BCUT2D eigenvalue weighted by atomic mass is 9.80. The van der Waals surface area contributed by atoms with Crippen molar-refractivity contribution in [2.75, 3.05) is 9.80 Å². The highest BCUT2D eigenvalue weighted by Gasteiger charge is 2.38. The minimum atomic E-state index is -0.273. The van der Waals surface area contributed by atoms with Gasteiger partial charge in [-0.15, -0.1) is 11.3 Å². The first kappa shape index (κ1) is 40.6. The molecule has 14 rings (SSSR count). The van der Waals surface area contributed by atoms with E-state index in [4.69, 9.17) is 0 Å². The number of fused-ring (bicyclic) bond motifs is 11. The molecule has 0 fully saturated rings. The maximum absolute atomic E-state index is 2.49. The molecule has 70 heavy (non-hydrogen) atoms. The third-order valence-corrected chi connectivity index (χ3v) is 16.1. The Balaban J connectivity index is 0.888. The minimum Gasteiger partial charge on any atom is -0.310 e. The lowest BCUT2D eigenvalue weighted by Crippen LogP contribution is -2.17. The molecule has 0 spiro atoms. The van der Waals surface area contributed by atoms with Gasteiger partial charge < -0.3 is 9.80 Å². The summed E-state index contributed by atoms with van der Waals surface area (Å²) in [4.78, 5) is 4.85. The predicted octanol–water partition coefficient (Wildman–Crippen LogP) is 19.6. The monoisotopic (exact) mass is 910 g/mol. The van der Waals surface area contributed by atoms with E-state index in [1.165, 1.54) is 96.6 Å². The van der Waals surface area contributed by atoms with Crippen LogP contribution < -0.4 is 9.80 Å². The van der Waals surface area contributed by atoms with Crippen LogP contribution in [-0.2, 0) is 5.41 Å². The summed E-state index contributed by atoms with van der Waals surface area (Å²) in [6.45, 7) is 4.83. The summed E-state index contributed by atoms with van der Waals surface area (Å²) in [6, 6.07) is 90.1. The first-order chi connectivity index (χ1) is 34.4. The quantitative estimate of drug-likeness (QED) is 0.157. The molecule has 0 aliphatic heterocycles. The van der Waals surface area contributed by atoms with Crippen molar-refractivity contribution >= 4 is 109 Å². The number of hydrogen-bond donors (Lipinski definition) is 0. The molecule has 1 aliphatic rings. The molecule has 1 aliphatic carbocycles. The minimum absolute atomic E-state index is 0.273. The summed E-state index contributed by atoms with van der Waals surface area (Å²) in [5, 5.41) is 12.5. The van der Waals surface area contributed by atoms with Gasteiger partial charge in [-0.3, -0.25) is 0 Å². The van der Waals surface area contributed by atoms with E-state index >= 15 is 0 Å². The average Bonchev–Trinajstić information content (AvgIpc) is 3.89. The number of thiophene rings is 1. The van der Waals surface area contributed by atoms with Gasteiger partial charge in [0.1, 0.15) is 0 Å². The van der Waals surface area contributed by atoms with Crippen molar-refractivity contribution in [2.45, 2.75) is 19.3 Å². The fraction of sp³-hybridized carbons (Fsp3) is 0.0448. The molecular weight excluding hydrogens is 865 g/mol. The normalized spacial score (nSPS) is 12.8. The molecule has 0 bridgehead atoms. The van der Waals surface area contributed by atoms with Crippen molar-refractivity contribution in [3.05, 3.63) is 254 Å². The Morgan fingerprint density at radius 2 is 0.743 bits per heavy atom. The zero-order valence-electron chi connectivity index (χ0n) is 38.9. The average molecular weight is 911 g/mol. The lowest BCUT2D eigenvalue weighted by molar-refractivity contribution is 0.661. The Bertz CT molecular complexity index is 4160. The van der Waals surface area contributed by atoms with Crippen LogP contribution in [0.2, 0.25) is 0 Å². The van der Waals surface area contributed by atoms with E-state index in [0.717, 1.165) is 34.1 Å². The van der Waals surface area contributed by atoms with Gasteiger partial charge in [-0.05, 0) is 167 Å². The molecule has 0 saturated heterocycles. The molecule has 0 atom stereocenters. The van der Waals surface area contributed by atoms with Gasteiger partial charge >= 0.3 is 0 Å². The van der Waals surface area contributed by atoms with Gasteiger partial charge in [-0.1, -0.05) is 166 Å². The smallest absolute Gasteiger partial charge is 0.0468 e. The molecule has 0 amide bonds. The summed E-state index contributed by atoms with van der Waals surface area (Å²) in [6.07, 6.45) is 0. The zero-order chi connectivity index (χ0) is 46.5. The largest absolute Gasteiger partial charge is 0.310 e. The van der Waals surface area contributed by atoms with Gasteiger partial charge in [0.15, 0.2) is 0 Å². The maximum atomic E-state index is 2.49. The van der Waals surface area contributed by atoms with Crippen LogP contribution in [0.4, 0.5) is 34.1 Å². The Kier molecular flexibility index (Phi) is 9.14. The topological polar surface area (TPSA) is 6.48 Å². The second-order valence-electron chi connectivity index (χ2n) is 19.3. The van der Waals surface area contributed by atoms with Crippen molar-refractivity contribution < 1.29 is 0 Å². The lowest BCUT2D eigenvalue weighted by Gasteiger charge is -2.28. The van der Waals surface area contributed by atoms with Gasteiger partial charge in [-0.2, -0.15) is 0 Å². The molecule has 13 aromatic rings. The SMILES string of the molecule is CC1(C)c2cc(N(c3ccc4ccccc4c3)c3ccc4sc5ccccc5c4c3)ccc2-c2c1cc(-c1ccc(N(c3ccc4ccccc4c3)c3ccc4ccccc4c3)cc1)c1ccccc21. The molecule has 0 unspecified atom stereocenters. The summed E-state index contributed by atoms with van der Waals surface area (Å²) < 4.78 is 2.62. The molecule has 2 nitrogen and oxygen atoms in total. The molecule has 0 saturated carbocycles. The van der Waals surface area contributed by atoms with Crippen LogP contribution in [0.15, 0.2) is 243 Å². The van der Waals surface area contributed by atoms with Crippen LogP contribution in [0.1, 0.15) is 25.0 Å². The third kappa shape index (κ3) is 6.46. The molecular formula is C67H46N2S. The molecule has 330 valence electrons. The summed E-state index contributed by atoms with van der Waals surface area (Å²) in [5.41, 5.74) is 14.3. The van der Waals surface area contributed by atoms with Crippen LogP contribution in [0.3, 0.4) is 0 Å². The Hall–Kier alpha value is -8.50. The summed E-state index contributed by atoms with van der Waals surface area (Å²) in [7, 11) is 0. The Morgan fingerprint density at radius 1 is 0.300 bits per heavy atom. The third-order valence-electron chi connectivity index (χ3n) is 15.0. The van der Waals surface area contributed by atoms with Gasteiger partial charge in [0.05, 0.1) is 0 Å². The van der Waals surface area contributed by atoms with Crippen molar-refractivity contribution in [1.29, 1.82) is 0 Å². The molecule has 1 heterocycles. The number of anilines is 6. The number of benzene rings is 12. The van der Waals surface area contributed by atoms with Gasteiger partial charge in [0.25, 0.3) is 0 Å². The first-order valence-electron chi connectivity index (χ1n) is 24.2. The molecule has 12 aromatic carbocycles. The highest BCUT2D eigenvalue weighted by molar-refractivity contribution is 7.25. The second kappa shape index (κ2) is 15.8. The van der Waals surface area contributed by atoms with Gasteiger partial charge in [0, 0.05) is 59.7 Å². The highest BCUT2D eigenvalue weighted by atomic mass is 32.1. The van der Waals surface area contributed by atoms with Crippen LogP contribution in [0.25, 0.3) is 85.5 Å². The van der Waals surface area contributed by atoms with Crippen LogP contribution in [0, 0.1) is 0 Å². The van der Waals surface area contributed by atoms with E-state index in [9.17, 15) is 0 Å². The summed E-state index contributed by atoms with van der Waals surface area (Å²) >= 11 is 1.86. The molecule has 3 heteroatoms. The number of hydrogen-bond acceptors (Lipinski definition) is 3. The van der Waals surface area contributed by atoms with E-state index in [-0.39, 0.29) is 5.41 Å². The van der Waals surface area contributed by atoms with Crippen molar-refractivity contribution in [2.24, 2.45) is 0 Å². The first-order valence-corrected chi connectivity index (χ1v) is 25.0. The van der Waals surface area contributed by atoms with E-state index in [1.807, 2.05) is 11.3 Å². The zero-order valence-corrected chi connectivity index (χ0v) is 39.7. The van der Waals surface area contributed by atoms with E-state index < -0.39 is 0 Å². The van der Waals surface area contributed by atoms with Crippen molar-refractivity contribution in [3.8, 4) is 22.3 Å². The Labute approximate surface area is 411 Å². The van der Waals surface area contributed by atoms with Crippen LogP contribution in [0.5, 0.6) is 0 Å². The van der Waals surface area contributed by atoms with Gasteiger partial charge in [0.2, 0.25) is 0 Å². The highest BCUT2D eigenvalue weighted by Crippen LogP contribution is 2.55. The summed E-state index contributed by atoms with van der Waals surface area (Å²) in [5.74, 6) is 0. The van der Waals surface area contributed by atoms with E-state index in [0.29, 0.717) is 0 Å². The standard InChI is InChI=1S/C67H46N2S/c1-67(2)62-41-55(69(53-32-25-45-15-5-8-18-49(45)39-53)54-34-36-65-61(40-54)57-20-11-12-22-64(57)70-65)33-35-59(62)66-58-21-10-9-19-56(58)60(42-63(66)67)46-26-28-50(29-27-46)68(51-30-23-43-13-3-6-16-47(43)37-51)52-31-24-44-14-4-7-17-48(44)38-52/h3-42H,1-2H3.